The SMILES string of the molecule is CCN(CC)C(=O)COC(=O)c1cc(S(=O)(=O)N(C)C)ccc1F. The first-order valence-corrected chi connectivity index (χ1v) is 8.76. The van der Waals surface area contributed by atoms with Crippen molar-refractivity contribution in [3.05, 3.63) is 29.6 Å². The number of esters is 1. The number of hydrogen-bond acceptors (Lipinski definition) is 5. The van der Waals surface area contributed by atoms with Crippen LogP contribution in [0, 0.1) is 5.82 Å². The molecule has 0 aromatic heterocycles. The van der Waals surface area contributed by atoms with Gasteiger partial charge in [0, 0.05) is 27.2 Å². The van der Waals surface area contributed by atoms with Crippen LogP contribution in [0.4, 0.5) is 4.39 Å². The van der Waals surface area contributed by atoms with Crippen molar-refractivity contribution in [3.63, 3.8) is 0 Å². The first kappa shape index (κ1) is 20.0. The van der Waals surface area contributed by atoms with Crippen LogP contribution in [0.1, 0.15) is 24.2 Å². The average molecular weight is 360 g/mol. The smallest absolute Gasteiger partial charge is 0.341 e. The molecule has 1 amide bonds. The minimum Gasteiger partial charge on any atom is -0.452 e. The van der Waals surface area contributed by atoms with Crippen molar-refractivity contribution in [1.82, 2.24) is 9.21 Å². The molecule has 0 bridgehead atoms. The van der Waals surface area contributed by atoms with Crippen molar-refractivity contribution in [1.29, 1.82) is 0 Å². The number of sulfonamides is 1. The van der Waals surface area contributed by atoms with Gasteiger partial charge in [-0.2, -0.15) is 0 Å². The van der Waals surface area contributed by atoms with Gasteiger partial charge in [-0.3, -0.25) is 4.79 Å². The van der Waals surface area contributed by atoms with Crippen molar-refractivity contribution in [2.45, 2.75) is 18.7 Å². The molecule has 7 nitrogen and oxygen atoms in total. The fourth-order valence-corrected chi connectivity index (χ4v) is 2.83. The van der Waals surface area contributed by atoms with Gasteiger partial charge in [0.25, 0.3) is 5.91 Å². The van der Waals surface area contributed by atoms with E-state index in [9.17, 15) is 22.4 Å². The maximum Gasteiger partial charge on any atom is 0.341 e. The van der Waals surface area contributed by atoms with Crippen molar-refractivity contribution < 1.29 is 27.1 Å². The molecular formula is C15H21FN2O5S. The van der Waals surface area contributed by atoms with Gasteiger partial charge < -0.3 is 9.64 Å². The second kappa shape index (κ2) is 8.20. The van der Waals surface area contributed by atoms with Gasteiger partial charge >= 0.3 is 5.97 Å². The highest BCUT2D eigenvalue weighted by molar-refractivity contribution is 7.89. The molecule has 0 N–H and O–H groups in total. The summed E-state index contributed by atoms with van der Waals surface area (Å²) in [6.07, 6.45) is 0. The van der Waals surface area contributed by atoms with Crippen molar-refractivity contribution in [2.24, 2.45) is 0 Å². The Morgan fingerprint density at radius 3 is 2.25 bits per heavy atom. The molecule has 9 heteroatoms. The first-order chi connectivity index (χ1) is 11.1. The van der Waals surface area contributed by atoms with E-state index in [2.05, 4.69) is 0 Å². The number of carbonyl (C=O) groups is 2. The number of amides is 1. The third-order valence-corrected chi connectivity index (χ3v) is 5.19. The van der Waals surface area contributed by atoms with Crippen LogP contribution < -0.4 is 0 Å². The number of nitrogens with zero attached hydrogens (tertiary/aromatic N) is 2. The van der Waals surface area contributed by atoms with Crippen molar-refractivity contribution in [2.75, 3.05) is 33.8 Å². The van der Waals surface area contributed by atoms with Crippen molar-refractivity contribution in [3.8, 4) is 0 Å². The van der Waals surface area contributed by atoms with E-state index in [0.717, 1.165) is 22.5 Å². The molecule has 0 spiro atoms. The van der Waals surface area contributed by atoms with E-state index < -0.39 is 39.9 Å². The standard InChI is InChI=1S/C15H21FN2O5S/c1-5-18(6-2)14(19)10-23-15(20)12-9-11(7-8-13(12)16)24(21,22)17(3)4/h7-9H,5-6,10H2,1-4H3. The highest BCUT2D eigenvalue weighted by Gasteiger charge is 2.23. The van der Waals surface area contributed by atoms with E-state index in [4.69, 9.17) is 4.74 Å². The molecule has 0 saturated carbocycles. The molecule has 0 aliphatic heterocycles. The van der Waals surface area contributed by atoms with Gasteiger partial charge in [-0.05, 0) is 32.0 Å². The summed E-state index contributed by atoms with van der Waals surface area (Å²) in [6, 6.07) is 2.83. The third-order valence-electron chi connectivity index (χ3n) is 3.38. The molecule has 0 fully saturated rings. The Balaban J connectivity index is 2.98. The van der Waals surface area contributed by atoms with E-state index in [-0.39, 0.29) is 4.90 Å². The summed E-state index contributed by atoms with van der Waals surface area (Å²) in [6.45, 7) is 3.93. The molecule has 1 aromatic rings. The summed E-state index contributed by atoms with van der Waals surface area (Å²) < 4.78 is 43.7. The van der Waals surface area contributed by atoms with Crippen LogP contribution in [-0.4, -0.2) is 63.3 Å². The zero-order valence-corrected chi connectivity index (χ0v) is 14.9. The number of likely N-dealkylation sites (N-methyl/N-ethyl adjacent to an activating group) is 1. The largest absolute Gasteiger partial charge is 0.452 e. The van der Waals surface area contributed by atoms with Gasteiger partial charge in [-0.15, -0.1) is 0 Å². The molecule has 1 rings (SSSR count). The van der Waals surface area contributed by atoms with Crippen molar-refractivity contribution >= 4 is 21.9 Å². The second-order valence-corrected chi connectivity index (χ2v) is 7.22. The molecule has 0 atom stereocenters. The Bertz CT molecular complexity index is 715. The number of halogens is 1. The number of hydrogen-bond donors (Lipinski definition) is 0. The molecule has 0 radical (unpaired) electrons. The van der Waals surface area contributed by atoms with Crippen LogP contribution in [0.2, 0.25) is 0 Å². The molecule has 0 saturated heterocycles. The summed E-state index contributed by atoms with van der Waals surface area (Å²) >= 11 is 0. The van der Waals surface area contributed by atoms with Gasteiger partial charge in [0.05, 0.1) is 10.5 Å². The Morgan fingerprint density at radius 2 is 1.75 bits per heavy atom. The lowest BCUT2D eigenvalue weighted by Gasteiger charge is -2.18. The molecule has 134 valence electrons. The number of rotatable bonds is 7. The normalized spacial score (nSPS) is 11.4. The highest BCUT2D eigenvalue weighted by atomic mass is 32.2. The van der Waals surface area contributed by atoms with E-state index >= 15 is 0 Å². The lowest BCUT2D eigenvalue weighted by molar-refractivity contribution is -0.134. The quantitative estimate of drug-likeness (QED) is 0.680. The van der Waals surface area contributed by atoms with E-state index in [0.29, 0.717) is 13.1 Å². The lowest BCUT2D eigenvalue weighted by Crippen LogP contribution is -2.34. The number of carbonyl (C=O) groups excluding carboxylic acids is 2. The van der Waals surface area contributed by atoms with Crippen LogP contribution in [0.3, 0.4) is 0 Å². The molecule has 1 aromatic carbocycles. The van der Waals surface area contributed by atoms with Crippen LogP contribution in [0.15, 0.2) is 23.1 Å². The number of ether oxygens (including phenoxy) is 1. The minimum absolute atomic E-state index is 0.240. The monoisotopic (exact) mass is 360 g/mol. The zero-order chi connectivity index (χ0) is 18.5. The van der Waals surface area contributed by atoms with Crippen LogP contribution in [0.5, 0.6) is 0 Å². The molecule has 24 heavy (non-hydrogen) atoms. The fourth-order valence-electron chi connectivity index (χ4n) is 1.90. The molecule has 0 aliphatic rings. The van der Waals surface area contributed by atoms with E-state index in [1.807, 2.05) is 0 Å². The molecular weight excluding hydrogens is 339 g/mol. The maximum absolute atomic E-state index is 13.8. The molecule has 0 aliphatic carbocycles. The van der Waals surface area contributed by atoms with Crippen LogP contribution >= 0.6 is 0 Å². The maximum atomic E-state index is 13.8. The summed E-state index contributed by atoms with van der Waals surface area (Å²) in [5.74, 6) is -2.43. The second-order valence-electron chi connectivity index (χ2n) is 5.07. The molecule has 0 unspecified atom stereocenters. The predicted molar refractivity (Wildman–Crippen MR) is 85.5 cm³/mol. The number of benzene rings is 1. The Kier molecular flexibility index (Phi) is 6.85. The Hall–Kier alpha value is -2.00. The Morgan fingerprint density at radius 1 is 1.17 bits per heavy atom. The van der Waals surface area contributed by atoms with Gasteiger partial charge in [0.2, 0.25) is 10.0 Å². The summed E-state index contributed by atoms with van der Waals surface area (Å²) in [5, 5.41) is 0. The Labute approximate surface area is 141 Å². The topological polar surface area (TPSA) is 84.0 Å². The zero-order valence-electron chi connectivity index (χ0n) is 14.1. The van der Waals surface area contributed by atoms with E-state index in [1.165, 1.54) is 19.0 Å². The first-order valence-electron chi connectivity index (χ1n) is 7.32. The highest BCUT2D eigenvalue weighted by Crippen LogP contribution is 2.18. The third kappa shape index (κ3) is 4.51. The van der Waals surface area contributed by atoms with Gasteiger partial charge in [0.1, 0.15) is 5.82 Å². The lowest BCUT2D eigenvalue weighted by atomic mass is 10.2. The summed E-state index contributed by atoms with van der Waals surface area (Å²) in [7, 11) is -1.18. The van der Waals surface area contributed by atoms with Gasteiger partial charge in [-0.25, -0.2) is 21.9 Å². The average Bonchev–Trinajstić information content (AvgIpc) is 2.53. The van der Waals surface area contributed by atoms with E-state index in [1.54, 1.807) is 13.8 Å². The fraction of sp³-hybridized carbons (Fsp3) is 0.467. The minimum atomic E-state index is -3.82. The van der Waals surface area contributed by atoms with Crippen LogP contribution in [0.25, 0.3) is 0 Å². The van der Waals surface area contributed by atoms with Gasteiger partial charge in [0.15, 0.2) is 6.61 Å². The van der Waals surface area contributed by atoms with Crippen LogP contribution in [-0.2, 0) is 19.6 Å². The predicted octanol–water partition coefficient (Wildman–Crippen LogP) is 1.10. The summed E-state index contributed by atoms with van der Waals surface area (Å²) in [5.41, 5.74) is -0.537. The van der Waals surface area contributed by atoms with Gasteiger partial charge in [-0.1, -0.05) is 0 Å². The summed E-state index contributed by atoms with van der Waals surface area (Å²) in [4.78, 5) is 25.0. The molecule has 0 heterocycles.